The highest BCUT2D eigenvalue weighted by atomic mass is 32.2. The summed E-state index contributed by atoms with van der Waals surface area (Å²) in [6.45, 7) is 2.18. The predicted octanol–water partition coefficient (Wildman–Crippen LogP) is 1.49. The van der Waals surface area contributed by atoms with E-state index in [1.807, 2.05) is 6.92 Å². The van der Waals surface area contributed by atoms with Crippen LogP contribution >= 0.6 is 0 Å². The number of aliphatic hydroxyl groups excluding tert-OH is 1. The number of aliphatic hydroxyl groups is 1. The highest BCUT2D eigenvalue weighted by molar-refractivity contribution is 7.89. The summed E-state index contributed by atoms with van der Waals surface area (Å²) in [5.74, 6) is 0.280. The van der Waals surface area contributed by atoms with Gasteiger partial charge < -0.3 is 15.2 Å². The number of carbonyl (C=O) groups is 1. The Balaban J connectivity index is 1.49. The molecule has 1 aromatic rings. The maximum Gasteiger partial charge on any atom is 0.240 e. The Kier molecular flexibility index (Phi) is 7.09. The molecule has 156 valence electrons. The highest BCUT2D eigenvalue weighted by Crippen LogP contribution is 2.26. The molecule has 0 unspecified atom stereocenters. The molecular formula is C20H30N2O5S. The number of hydrogen-bond acceptors (Lipinski definition) is 5. The molecule has 0 radical (unpaired) electrons. The SMILES string of the molecule is Cc1ccc(S(=O)(=O)N[C@@H]2CC[C@@H](CCNC(=O)C3CCC3)O[C@@H]2CO)cc1. The average Bonchev–Trinajstić information content (AvgIpc) is 2.61. The fourth-order valence-electron chi connectivity index (χ4n) is 3.63. The van der Waals surface area contributed by atoms with Gasteiger partial charge in [-0.2, -0.15) is 0 Å². The predicted molar refractivity (Wildman–Crippen MR) is 105 cm³/mol. The van der Waals surface area contributed by atoms with E-state index in [1.165, 1.54) is 0 Å². The molecular weight excluding hydrogens is 380 g/mol. The maximum absolute atomic E-state index is 12.6. The van der Waals surface area contributed by atoms with Gasteiger partial charge in [-0.15, -0.1) is 0 Å². The number of rotatable bonds is 8. The van der Waals surface area contributed by atoms with E-state index >= 15 is 0 Å². The molecule has 1 aliphatic heterocycles. The van der Waals surface area contributed by atoms with Crippen molar-refractivity contribution in [3.05, 3.63) is 29.8 Å². The van der Waals surface area contributed by atoms with Crippen LogP contribution in [0.2, 0.25) is 0 Å². The Morgan fingerprint density at radius 3 is 2.50 bits per heavy atom. The van der Waals surface area contributed by atoms with E-state index in [0.717, 1.165) is 24.8 Å². The van der Waals surface area contributed by atoms with Gasteiger partial charge >= 0.3 is 0 Å². The van der Waals surface area contributed by atoms with Crippen LogP contribution in [0.15, 0.2) is 29.2 Å². The fourth-order valence-corrected chi connectivity index (χ4v) is 4.93. The summed E-state index contributed by atoms with van der Waals surface area (Å²) in [4.78, 5) is 12.1. The number of ether oxygens (including phenoxy) is 1. The van der Waals surface area contributed by atoms with Crippen molar-refractivity contribution in [2.75, 3.05) is 13.2 Å². The lowest BCUT2D eigenvalue weighted by Crippen LogP contribution is -2.51. The van der Waals surface area contributed by atoms with Crippen molar-refractivity contribution in [3.63, 3.8) is 0 Å². The van der Waals surface area contributed by atoms with E-state index in [4.69, 9.17) is 4.74 Å². The minimum absolute atomic E-state index is 0.0982. The molecule has 3 N–H and O–H groups in total. The molecule has 8 heteroatoms. The first-order valence-corrected chi connectivity index (χ1v) is 11.5. The fraction of sp³-hybridized carbons (Fsp3) is 0.650. The van der Waals surface area contributed by atoms with E-state index in [0.29, 0.717) is 25.8 Å². The number of benzene rings is 1. The second-order valence-electron chi connectivity index (χ2n) is 7.80. The van der Waals surface area contributed by atoms with Gasteiger partial charge in [-0.25, -0.2) is 13.1 Å². The van der Waals surface area contributed by atoms with Crippen LogP contribution in [-0.4, -0.2) is 50.8 Å². The zero-order chi connectivity index (χ0) is 20.1. The molecule has 1 heterocycles. The monoisotopic (exact) mass is 410 g/mol. The van der Waals surface area contributed by atoms with Crippen LogP contribution in [0.1, 0.15) is 44.1 Å². The smallest absolute Gasteiger partial charge is 0.240 e. The highest BCUT2D eigenvalue weighted by Gasteiger charge is 2.34. The summed E-state index contributed by atoms with van der Waals surface area (Å²) in [7, 11) is -3.67. The summed E-state index contributed by atoms with van der Waals surface area (Å²) in [5.41, 5.74) is 0.987. The number of carbonyl (C=O) groups excluding carboxylic acids is 1. The van der Waals surface area contributed by atoms with Crippen molar-refractivity contribution in [3.8, 4) is 0 Å². The van der Waals surface area contributed by atoms with Gasteiger partial charge in [0, 0.05) is 12.5 Å². The minimum Gasteiger partial charge on any atom is -0.394 e. The van der Waals surface area contributed by atoms with Crippen LogP contribution in [0, 0.1) is 12.8 Å². The van der Waals surface area contributed by atoms with Crippen LogP contribution in [0.4, 0.5) is 0 Å². The van der Waals surface area contributed by atoms with Crippen molar-refractivity contribution in [2.45, 2.75) is 68.6 Å². The third-order valence-corrected chi connectivity index (χ3v) is 7.18. The molecule has 0 spiro atoms. The normalized spacial score (nSPS) is 25.9. The van der Waals surface area contributed by atoms with Gasteiger partial charge in [-0.3, -0.25) is 4.79 Å². The molecule has 0 aromatic heterocycles. The van der Waals surface area contributed by atoms with Crippen molar-refractivity contribution >= 4 is 15.9 Å². The molecule has 1 aliphatic carbocycles. The summed E-state index contributed by atoms with van der Waals surface area (Å²) in [6, 6.07) is 6.18. The molecule has 3 rings (SSSR count). The number of hydrogen-bond donors (Lipinski definition) is 3. The molecule has 3 atom stereocenters. The van der Waals surface area contributed by atoms with Crippen LogP contribution in [0.25, 0.3) is 0 Å². The zero-order valence-corrected chi connectivity index (χ0v) is 17.1. The lowest BCUT2D eigenvalue weighted by molar-refractivity contribution is -0.127. The van der Waals surface area contributed by atoms with Crippen molar-refractivity contribution in [1.29, 1.82) is 0 Å². The van der Waals surface area contributed by atoms with Gasteiger partial charge in [0.05, 0.1) is 29.8 Å². The average molecular weight is 411 g/mol. The van der Waals surface area contributed by atoms with E-state index in [1.54, 1.807) is 24.3 Å². The van der Waals surface area contributed by atoms with E-state index in [9.17, 15) is 18.3 Å². The van der Waals surface area contributed by atoms with Crippen molar-refractivity contribution in [2.24, 2.45) is 5.92 Å². The second-order valence-corrected chi connectivity index (χ2v) is 9.52. The van der Waals surface area contributed by atoms with E-state index in [-0.39, 0.29) is 29.4 Å². The standard InChI is InChI=1S/C20H30N2O5S/c1-14-5-8-17(9-6-14)28(25,26)22-18-10-7-16(27-19(18)13-23)11-12-21-20(24)15-3-2-4-15/h5-6,8-9,15-16,18-19,22-23H,2-4,7,10-13H2,1H3,(H,21,24)/t16-,18+,19+/m0/s1. The molecule has 2 fully saturated rings. The zero-order valence-electron chi connectivity index (χ0n) is 16.3. The first-order valence-electron chi connectivity index (χ1n) is 10.0. The first-order chi connectivity index (χ1) is 13.4. The van der Waals surface area contributed by atoms with Gasteiger partial charge in [-0.05, 0) is 51.2 Å². The van der Waals surface area contributed by atoms with Gasteiger partial charge in [0.15, 0.2) is 0 Å². The van der Waals surface area contributed by atoms with Crippen LogP contribution in [0.5, 0.6) is 0 Å². The van der Waals surface area contributed by atoms with Crippen molar-refractivity contribution < 1.29 is 23.1 Å². The number of amides is 1. The largest absolute Gasteiger partial charge is 0.394 e. The summed E-state index contributed by atoms with van der Waals surface area (Å²) in [6.07, 6.45) is 4.30. The van der Waals surface area contributed by atoms with Gasteiger partial charge in [-0.1, -0.05) is 24.1 Å². The lowest BCUT2D eigenvalue weighted by atomic mass is 9.85. The number of aryl methyl sites for hydroxylation is 1. The van der Waals surface area contributed by atoms with E-state index in [2.05, 4.69) is 10.0 Å². The van der Waals surface area contributed by atoms with Crippen LogP contribution in [0.3, 0.4) is 0 Å². The number of nitrogens with one attached hydrogen (secondary N) is 2. The first kappa shape index (κ1) is 21.2. The topological polar surface area (TPSA) is 105 Å². The summed E-state index contributed by atoms with van der Waals surface area (Å²) >= 11 is 0. The molecule has 7 nitrogen and oxygen atoms in total. The molecule has 1 aromatic carbocycles. The molecule has 1 saturated carbocycles. The third kappa shape index (κ3) is 5.31. The van der Waals surface area contributed by atoms with Gasteiger partial charge in [0.1, 0.15) is 0 Å². The van der Waals surface area contributed by atoms with Crippen LogP contribution in [-0.2, 0) is 19.6 Å². The van der Waals surface area contributed by atoms with Crippen LogP contribution < -0.4 is 10.0 Å². The Labute approximate surface area is 166 Å². The molecule has 0 bridgehead atoms. The number of sulfonamides is 1. The Morgan fingerprint density at radius 2 is 1.89 bits per heavy atom. The molecule has 1 amide bonds. The van der Waals surface area contributed by atoms with Gasteiger partial charge in [0.2, 0.25) is 15.9 Å². The second kappa shape index (κ2) is 9.35. The summed E-state index contributed by atoms with van der Waals surface area (Å²) in [5, 5.41) is 12.6. The third-order valence-electron chi connectivity index (χ3n) is 5.67. The van der Waals surface area contributed by atoms with Crippen molar-refractivity contribution in [1.82, 2.24) is 10.0 Å². The Morgan fingerprint density at radius 1 is 1.18 bits per heavy atom. The molecule has 1 saturated heterocycles. The van der Waals surface area contributed by atoms with Gasteiger partial charge in [0.25, 0.3) is 0 Å². The molecule has 28 heavy (non-hydrogen) atoms. The lowest BCUT2D eigenvalue weighted by Gasteiger charge is -2.36. The quantitative estimate of drug-likeness (QED) is 0.602. The minimum atomic E-state index is -3.67. The molecule has 2 aliphatic rings. The Hall–Kier alpha value is -1.48. The van der Waals surface area contributed by atoms with E-state index < -0.39 is 22.2 Å². The maximum atomic E-state index is 12.6. The Bertz CT molecular complexity index is 761. The summed E-state index contributed by atoms with van der Waals surface area (Å²) < 4.78 is 33.8.